The first-order chi connectivity index (χ1) is 12.7. The van der Waals surface area contributed by atoms with Gasteiger partial charge < -0.3 is 10.6 Å². The van der Waals surface area contributed by atoms with Crippen molar-refractivity contribution < 1.29 is 22.4 Å². The molecule has 1 aromatic carbocycles. The van der Waals surface area contributed by atoms with E-state index in [2.05, 4.69) is 10.3 Å². The second-order valence-electron chi connectivity index (χ2n) is 6.64. The van der Waals surface area contributed by atoms with Gasteiger partial charge in [-0.05, 0) is 37.8 Å². The van der Waals surface area contributed by atoms with Crippen molar-refractivity contribution in [2.24, 2.45) is 11.7 Å². The van der Waals surface area contributed by atoms with Crippen molar-refractivity contribution in [3.63, 3.8) is 0 Å². The lowest BCUT2D eigenvalue weighted by Gasteiger charge is -2.33. The standard InChI is InChI=1S/C17H19F4N5O/c1-10(22)11-6-8-25(9-7-11)16(27)14-15(17(19,20)21)26(24-23-14)13-5-3-2-4-12(13)18/h2-5,10-11H,6-9,22H2,1H3. The average Bonchev–Trinajstić information content (AvgIpc) is 3.07. The van der Waals surface area contributed by atoms with Gasteiger partial charge in [-0.3, -0.25) is 4.79 Å². The lowest BCUT2D eigenvalue weighted by atomic mass is 9.91. The summed E-state index contributed by atoms with van der Waals surface area (Å²) in [4.78, 5) is 14.0. The number of carbonyl (C=O) groups excluding carboxylic acids is 1. The molecule has 27 heavy (non-hydrogen) atoms. The van der Waals surface area contributed by atoms with E-state index in [0.29, 0.717) is 17.5 Å². The molecular weight excluding hydrogens is 366 g/mol. The minimum absolute atomic E-state index is 0.0464. The number of para-hydroxylation sites is 1. The number of likely N-dealkylation sites (tertiary alicyclic amines) is 1. The molecule has 2 heterocycles. The quantitative estimate of drug-likeness (QED) is 0.824. The van der Waals surface area contributed by atoms with Gasteiger partial charge in [0.25, 0.3) is 5.91 Å². The average molecular weight is 385 g/mol. The molecule has 2 N–H and O–H groups in total. The summed E-state index contributed by atoms with van der Waals surface area (Å²) in [6, 6.07) is 4.83. The number of carbonyl (C=O) groups is 1. The van der Waals surface area contributed by atoms with E-state index in [-0.39, 0.29) is 25.0 Å². The molecule has 1 unspecified atom stereocenters. The Bertz CT molecular complexity index is 825. The van der Waals surface area contributed by atoms with Crippen LogP contribution in [0, 0.1) is 11.7 Å². The summed E-state index contributed by atoms with van der Waals surface area (Å²) in [5, 5.41) is 6.85. The molecule has 6 nitrogen and oxygen atoms in total. The number of amides is 1. The van der Waals surface area contributed by atoms with Crippen LogP contribution >= 0.6 is 0 Å². The molecule has 1 aliphatic rings. The Labute approximate surface area is 152 Å². The largest absolute Gasteiger partial charge is 0.435 e. The van der Waals surface area contributed by atoms with Gasteiger partial charge in [-0.25, -0.2) is 9.07 Å². The van der Waals surface area contributed by atoms with E-state index in [9.17, 15) is 22.4 Å². The highest BCUT2D eigenvalue weighted by Gasteiger charge is 2.43. The molecule has 1 atom stereocenters. The van der Waals surface area contributed by atoms with Gasteiger partial charge >= 0.3 is 6.18 Å². The van der Waals surface area contributed by atoms with Gasteiger partial charge in [0.05, 0.1) is 0 Å². The highest BCUT2D eigenvalue weighted by Crippen LogP contribution is 2.34. The third-order valence-electron chi connectivity index (χ3n) is 4.79. The number of piperidine rings is 1. The monoisotopic (exact) mass is 385 g/mol. The van der Waals surface area contributed by atoms with Crippen molar-refractivity contribution in [3.05, 3.63) is 41.5 Å². The fraction of sp³-hybridized carbons (Fsp3) is 0.471. The molecular formula is C17H19F4N5O. The third kappa shape index (κ3) is 3.80. The predicted molar refractivity (Wildman–Crippen MR) is 88.6 cm³/mol. The fourth-order valence-corrected chi connectivity index (χ4v) is 3.25. The number of benzene rings is 1. The Morgan fingerprint density at radius 1 is 1.26 bits per heavy atom. The molecule has 0 spiro atoms. The van der Waals surface area contributed by atoms with E-state index in [4.69, 9.17) is 5.73 Å². The summed E-state index contributed by atoms with van der Waals surface area (Å²) in [5.41, 5.74) is 3.21. The van der Waals surface area contributed by atoms with E-state index in [1.165, 1.54) is 17.0 Å². The van der Waals surface area contributed by atoms with E-state index < -0.39 is 35.0 Å². The van der Waals surface area contributed by atoms with Gasteiger partial charge in [0.15, 0.2) is 11.4 Å². The Kier molecular flexibility index (Phi) is 5.18. The molecule has 1 saturated heterocycles. The van der Waals surface area contributed by atoms with Crippen LogP contribution in [0.2, 0.25) is 0 Å². The van der Waals surface area contributed by atoms with Crippen molar-refractivity contribution in [2.45, 2.75) is 32.0 Å². The Morgan fingerprint density at radius 2 is 1.89 bits per heavy atom. The lowest BCUT2D eigenvalue weighted by molar-refractivity contribution is -0.143. The van der Waals surface area contributed by atoms with Crippen LogP contribution in [0.5, 0.6) is 0 Å². The number of rotatable bonds is 3. The number of aromatic nitrogens is 3. The van der Waals surface area contributed by atoms with Crippen molar-refractivity contribution in [3.8, 4) is 5.69 Å². The van der Waals surface area contributed by atoms with Crippen LogP contribution in [0.4, 0.5) is 17.6 Å². The molecule has 0 saturated carbocycles. The van der Waals surface area contributed by atoms with Crippen LogP contribution in [0.3, 0.4) is 0 Å². The summed E-state index contributed by atoms with van der Waals surface area (Å²) in [6.45, 7) is 2.44. The molecule has 0 bridgehead atoms. The Balaban J connectivity index is 1.95. The van der Waals surface area contributed by atoms with E-state index >= 15 is 0 Å². The van der Waals surface area contributed by atoms with Gasteiger partial charge in [-0.2, -0.15) is 13.2 Å². The molecule has 1 fully saturated rings. The fourth-order valence-electron chi connectivity index (χ4n) is 3.25. The zero-order valence-corrected chi connectivity index (χ0v) is 14.6. The Morgan fingerprint density at radius 3 is 2.44 bits per heavy atom. The van der Waals surface area contributed by atoms with Gasteiger partial charge in [-0.15, -0.1) is 5.10 Å². The van der Waals surface area contributed by atoms with Crippen molar-refractivity contribution in [1.82, 2.24) is 19.9 Å². The van der Waals surface area contributed by atoms with Crippen LogP contribution in [0.15, 0.2) is 24.3 Å². The summed E-state index contributed by atoms with van der Waals surface area (Å²) in [5.74, 6) is -1.55. The van der Waals surface area contributed by atoms with Crippen LogP contribution < -0.4 is 5.73 Å². The van der Waals surface area contributed by atoms with Crippen LogP contribution in [0.1, 0.15) is 35.9 Å². The van der Waals surface area contributed by atoms with Crippen molar-refractivity contribution in [2.75, 3.05) is 13.1 Å². The first-order valence-electron chi connectivity index (χ1n) is 8.52. The minimum Gasteiger partial charge on any atom is -0.337 e. The summed E-state index contributed by atoms with van der Waals surface area (Å²) in [6.07, 6.45) is -3.72. The van der Waals surface area contributed by atoms with Crippen LogP contribution in [-0.4, -0.2) is 44.9 Å². The third-order valence-corrected chi connectivity index (χ3v) is 4.79. The van der Waals surface area contributed by atoms with Gasteiger partial charge in [0.2, 0.25) is 0 Å². The number of nitrogens with two attached hydrogens (primary N) is 1. The van der Waals surface area contributed by atoms with Gasteiger partial charge in [0.1, 0.15) is 11.5 Å². The van der Waals surface area contributed by atoms with E-state index in [1.807, 2.05) is 6.92 Å². The maximum absolute atomic E-state index is 14.0. The number of alkyl halides is 3. The highest BCUT2D eigenvalue weighted by molar-refractivity contribution is 5.93. The second-order valence-corrected chi connectivity index (χ2v) is 6.64. The predicted octanol–water partition coefficient (Wildman–Crippen LogP) is 2.62. The van der Waals surface area contributed by atoms with Crippen molar-refractivity contribution >= 4 is 5.91 Å². The minimum atomic E-state index is -4.93. The molecule has 0 radical (unpaired) electrons. The highest BCUT2D eigenvalue weighted by atomic mass is 19.4. The molecule has 3 rings (SSSR count). The topological polar surface area (TPSA) is 77.0 Å². The SMILES string of the molecule is CC(N)C1CCN(C(=O)c2nnn(-c3ccccc3F)c2C(F)(F)F)CC1. The maximum atomic E-state index is 14.0. The number of hydrogen-bond acceptors (Lipinski definition) is 4. The number of halogens is 4. The molecule has 0 aliphatic carbocycles. The molecule has 1 aliphatic heterocycles. The molecule has 1 aromatic heterocycles. The summed E-state index contributed by atoms with van der Waals surface area (Å²) >= 11 is 0. The van der Waals surface area contributed by atoms with Gasteiger partial charge in [-0.1, -0.05) is 17.3 Å². The van der Waals surface area contributed by atoms with E-state index in [0.717, 1.165) is 12.1 Å². The zero-order chi connectivity index (χ0) is 19.8. The van der Waals surface area contributed by atoms with E-state index in [1.54, 1.807) is 0 Å². The first kappa shape index (κ1) is 19.3. The second kappa shape index (κ2) is 7.26. The first-order valence-corrected chi connectivity index (χ1v) is 8.52. The van der Waals surface area contributed by atoms with Crippen LogP contribution in [-0.2, 0) is 6.18 Å². The number of nitrogens with zero attached hydrogens (tertiary/aromatic N) is 4. The smallest absolute Gasteiger partial charge is 0.337 e. The molecule has 146 valence electrons. The zero-order valence-electron chi connectivity index (χ0n) is 14.6. The number of hydrogen-bond donors (Lipinski definition) is 1. The molecule has 10 heteroatoms. The maximum Gasteiger partial charge on any atom is 0.435 e. The Hall–Kier alpha value is -2.49. The van der Waals surface area contributed by atoms with Crippen molar-refractivity contribution in [1.29, 1.82) is 0 Å². The van der Waals surface area contributed by atoms with Crippen LogP contribution in [0.25, 0.3) is 5.69 Å². The van der Waals surface area contributed by atoms with Gasteiger partial charge in [0, 0.05) is 19.1 Å². The normalized spacial score (nSPS) is 17.2. The summed E-state index contributed by atoms with van der Waals surface area (Å²) in [7, 11) is 0. The lowest BCUT2D eigenvalue weighted by Crippen LogP contribution is -2.43. The molecule has 1 amide bonds. The summed E-state index contributed by atoms with van der Waals surface area (Å²) < 4.78 is 55.2. The molecule has 2 aromatic rings.